The molecule has 7 nitrogen and oxygen atoms in total. The molecule has 0 bridgehead atoms. The summed E-state index contributed by atoms with van der Waals surface area (Å²) in [6, 6.07) is 23.4. The predicted molar refractivity (Wildman–Crippen MR) is 151 cm³/mol. The van der Waals surface area contributed by atoms with Gasteiger partial charge in [-0.15, -0.1) is 0 Å². The van der Waals surface area contributed by atoms with E-state index in [4.69, 9.17) is 5.73 Å². The molecule has 1 fully saturated rings. The van der Waals surface area contributed by atoms with E-state index in [-0.39, 0.29) is 24.1 Å². The fourth-order valence-corrected chi connectivity index (χ4v) is 4.27. The van der Waals surface area contributed by atoms with Gasteiger partial charge in [0.25, 0.3) is 11.8 Å². The van der Waals surface area contributed by atoms with E-state index in [0.29, 0.717) is 28.4 Å². The molecule has 202 valence electrons. The Morgan fingerprint density at radius 2 is 1.59 bits per heavy atom. The van der Waals surface area contributed by atoms with Crippen molar-refractivity contribution in [2.24, 2.45) is 16.6 Å². The van der Waals surface area contributed by atoms with Gasteiger partial charge in [0.1, 0.15) is 23.5 Å². The van der Waals surface area contributed by atoms with Crippen molar-refractivity contribution >= 4 is 29.1 Å². The van der Waals surface area contributed by atoms with Gasteiger partial charge in [0, 0.05) is 22.8 Å². The zero-order valence-electron chi connectivity index (χ0n) is 22.5. The lowest BCUT2D eigenvalue weighted by molar-refractivity contribution is -0.134. The van der Waals surface area contributed by atoms with Crippen LogP contribution in [0.4, 0.5) is 10.1 Å². The Morgan fingerprint density at radius 3 is 2.10 bits per heavy atom. The van der Waals surface area contributed by atoms with Crippen molar-refractivity contribution in [3.05, 3.63) is 113 Å². The van der Waals surface area contributed by atoms with Crippen LogP contribution in [0.25, 0.3) is 0 Å². The Balaban J connectivity index is 0.000000520. The number of piperidine rings is 1. The number of nitrogens with one attached hydrogen (secondary N) is 1. The number of amides is 2. The van der Waals surface area contributed by atoms with Crippen molar-refractivity contribution in [2.45, 2.75) is 33.7 Å². The zero-order chi connectivity index (χ0) is 28.5. The highest BCUT2D eigenvalue weighted by molar-refractivity contribution is 6.16. The largest absolute Gasteiger partial charge is 0.402 e. The van der Waals surface area contributed by atoms with Gasteiger partial charge in [0.05, 0.1) is 12.2 Å². The second-order valence-electron chi connectivity index (χ2n) is 9.40. The van der Waals surface area contributed by atoms with Gasteiger partial charge < -0.3 is 11.1 Å². The quantitative estimate of drug-likeness (QED) is 0.489. The lowest BCUT2D eigenvalue weighted by Crippen LogP contribution is -2.60. The van der Waals surface area contributed by atoms with E-state index < -0.39 is 17.9 Å². The summed E-state index contributed by atoms with van der Waals surface area (Å²) in [6.07, 6.45) is 0. The summed E-state index contributed by atoms with van der Waals surface area (Å²) in [7, 11) is 0. The van der Waals surface area contributed by atoms with Crippen LogP contribution in [0.2, 0.25) is 0 Å². The molecule has 3 aromatic carbocycles. The Hall–Kier alpha value is -4.59. The van der Waals surface area contributed by atoms with Crippen LogP contribution in [0.15, 0.2) is 101 Å². The Bertz CT molecular complexity index is 1380. The normalized spacial score (nSPS) is 19.2. The van der Waals surface area contributed by atoms with Crippen LogP contribution in [0.1, 0.15) is 36.7 Å². The Kier molecular flexibility index (Phi) is 9.86. The summed E-state index contributed by atoms with van der Waals surface area (Å²) in [5.74, 6) is -1.24. The first-order valence-electron chi connectivity index (χ1n) is 12.6. The number of benzene rings is 3. The number of hydrogen-bond donors (Lipinski definition) is 2. The van der Waals surface area contributed by atoms with Crippen LogP contribution < -0.4 is 11.1 Å². The number of hydrogen-bond acceptors (Lipinski definition) is 5. The molecule has 39 heavy (non-hydrogen) atoms. The number of carbonyl (C=O) groups excluding carboxylic acids is 3. The van der Waals surface area contributed by atoms with E-state index in [0.717, 1.165) is 5.56 Å². The molecule has 1 aliphatic heterocycles. The number of Topliss-reactive ketones (excluding diaryl/α,β-unsaturated/α-hetero) is 1. The molecule has 0 aliphatic carbocycles. The smallest absolute Gasteiger partial charge is 0.251 e. The summed E-state index contributed by atoms with van der Waals surface area (Å²) in [6.45, 7) is 6.70. The Labute approximate surface area is 228 Å². The minimum absolute atomic E-state index is 0.162. The van der Waals surface area contributed by atoms with Gasteiger partial charge in [0.15, 0.2) is 0 Å². The maximum atomic E-state index is 13.5. The predicted octanol–water partition coefficient (Wildman–Crippen LogP) is 4.95. The SMILES string of the molecule is CC(=O)CN1C(=O)C(NC(=O)c2cccc(C)c2)C(C)/C(=C(\C)N)C1=Nc1ccccc1.Fc1ccccc1. The summed E-state index contributed by atoms with van der Waals surface area (Å²) in [5, 5.41) is 2.85. The number of nitrogens with two attached hydrogens (primary N) is 1. The number of aryl methyl sites for hydroxylation is 1. The van der Waals surface area contributed by atoms with E-state index in [1.165, 1.54) is 24.0 Å². The third kappa shape index (κ3) is 7.70. The number of ketones is 1. The van der Waals surface area contributed by atoms with Crippen LogP contribution in [-0.4, -0.2) is 40.9 Å². The number of rotatable bonds is 5. The molecule has 1 heterocycles. The topological polar surface area (TPSA) is 105 Å². The summed E-state index contributed by atoms with van der Waals surface area (Å²) in [5.41, 5.74) is 9.37. The molecular formula is C31H33FN4O3. The molecule has 2 unspecified atom stereocenters. The Morgan fingerprint density at radius 1 is 0.974 bits per heavy atom. The molecule has 1 aliphatic rings. The maximum Gasteiger partial charge on any atom is 0.251 e. The number of aliphatic imine (C=N–C) groups is 1. The average Bonchev–Trinajstić information content (AvgIpc) is 2.90. The minimum atomic E-state index is -0.884. The number of para-hydroxylation sites is 1. The summed E-state index contributed by atoms with van der Waals surface area (Å²) >= 11 is 0. The highest BCUT2D eigenvalue weighted by atomic mass is 19.1. The van der Waals surface area contributed by atoms with Gasteiger partial charge in [-0.3, -0.25) is 19.3 Å². The third-order valence-corrected chi connectivity index (χ3v) is 6.08. The number of amidine groups is 1. The van der Waals surface area contributed by atoms with Crippen molar-refractivity contribution in [2.75, 3.05) is 6.54 Å². The number of nitrogens with zero attached hydrogens (tertiary/aromatic N) is 2. The van der Waals surface area contributed by atoms with Gasteiger partial charge in [-0.05, 0) is 57.2 Å². The van der Waals surface area contributed by atoms with Gasteiger partial charge in [0.2, 0.25) is 0 Å². The molecule has 4 rings (SSSR count). The molecule has 1 saturated heterocycles. The average molecular weight is 529 g/mol. The third-order valence-electron chi connectivity index (χ3n) is 6.08. The standard InChI is InChI=1S/C25H28N4O3.C6H5F/c1-15-9-8-10-19(13-15)24(31)28-22-17(3)21(18(4)26)23(27-20-11-6-5-7-12-20)29(25(22)32)14-16(2)30;7-6-4-2-1-3-5-6/h5-13,17,22H,14,26H2,1-4H3,(H,28,31);1-5H/b21-18-,27-23?;. The second kappa shape index (κ2) is 13.3. The van der Waals surface area contributed by atoms with Crippen molar-refractivity contribution in [3.63, 3.8) is 0 Å². The van der Waals surface area contributed by atoms with Crippen molar-refractivity contribution in [1.29, 1.82) is 0 Å². The number of halogens is 1. The number of carbonyl (C=O) groups is 3. The van der Waals surface area contributed by atoms with Crippen molar-refractivity contribution in [3.8, 4) is 0 Å². The van der Waals surface area contributed by atoms with Crippen LogP contribution in [0.3, 0.4) is 0 Å². The van der Waals surface area contributed by atoms with Gasteiger partial charge >= 0.3 is 0 Å². The van der Waals surface area contributed by atoms with E-state index in [2.05, 4.69) is 10.3 Å². The first-order valence-corrected chi connectivity index (χ1v) is 12.6. The molecule has 2 atom stereocenters. The molecule has 0 saturated carbocycles. The van der Waals surface area contributed by atoms with Gasteiger partial charge in [-0.1, -0.05) is 61.0 Å². The molecule has 3 N–H and O–H groups in total. The fourth-order valence-electron chi connectivity index (χ4n) is 4.27. The molecule has 0 spiro atoms. The molecule has 0 aromatic heterocycles. The van der Waals surface area contributed by atoms with E-state index in [1.807, 2.05) is 50.2 Å². The summed E-state index contributed by atoms with van der Waals surface area (Å²) < 4.78 is 11.9. The fraction of sp³-hybridized carbons (Fsp3) is 0.226. The van der Waals surface area contributed by atoms with Crippen molar-refractivity contribution < 1.29 is 18.8 Å². The molecule has 3 aromatic rings. The van der Waals surface area contributed by atoms with Crippen LogP contribution in [0.5, 0.6) is 0 Å². The highest BCUT2D eigenvalue weighted by Crippen LogP contribution is 2.30. The van der Waals surface area contributed by atoms with E-state index in [9.17, 15) is 18.8 Å². The van der Waals surface area contributed by atoms with Crippen molar-refractivity contribution in [1.82, 2.24) is 10.2 Å². The van der Waals surface area contributed by atoms with Gasteiger partial charge in [-0.25, -0.2) is 9.38 Å². The maximum absolute atomic E-state index is 13.5. The van der Waals surface area contributed by atoms with Crippen LogP contribution >= 0.6 is 0 Å². The van der Waals surface area contributed by atoms with Gasteiger partial charge in [-0.2, -0.15) is 0 Å². The zero-order valence-corrected chi connectivity index (χ0v) is 22.5. The van der Waals surface area contributed by atoms with E-state index >= 15 is 0 Å². The monoisotopic (exact) mass is 528 g/mol. The van der Waals surface area contributed by atoms with E-state index in [1.54, 1.807) is 43.3 Å². The highest BCUT2D eigenvalue weighted by Gasteiger charge is 2.43. The lowest BCUT2D eigenvalue weighted by Gasteiger charge is -2.39. The first kappa shape index (κ1) is 29.0. The minimum Gasteiger partial charge on any atom is -0.402 e. The second-order valence-corrected chi connectivity index (χ2v) is 9.40. The van der Waals surface area contributed by atoms with Crippen LogP contribution in [0, 0.1) is 18.7 Å². The molecule has 0 radical (unpaired) electrons. The lowest BCUT2D eigenvalue weighted by atomic mass is 9.85. The van der Waals surface area contributed by atoms with Crippen LogP contribution in [-0.2, 0) is 9.59 Å². The summed E-state index contributed by atoms with van der Waals surface area (Å²) in [4.78, 5) is 44.4. The molecule has 2 amide bonds. The number of likely N-dealkylation sites (tertiary alicyclic amines) is 1. The number of allylic oxidation sites excluding steroid dienone is 1. The molecule has 8 heteroatoms. The first-order chi connectivity index (χ1) is 18.6. The molecular weight excluding hydrogens is 495 g/mol.